The van der Waals surface area contributed by atoms with E-state index in [1.807, 2.05) is 26.1 Å². The van der Waals surface area contributed by atoms with Gasteiger partial charge >= 0.3 is 0 Å². The first-order valence-corrected chi connectivity index (χ1v) is 6.59. The highest BCUT2D eigenvalue weighted by atomic mass is 16.2. The number of nitrogens with one attached hydrogen (secondary N) is 1. The number of carbonyl (C=O) groups is 1. The molecule has 1 fully saturated rings. The van der Waals surface area contributed by atoms with Gasteiger partial charge in [-0.15, -0.1) is 0 Å². The maximum Gasteiger partial charge on any atom is 0.272 e. The van der Waals surface area contributed by atoms with Gasteiger partial charge in [-0.05, 0) is 37.9 Å². The van der Waals surface area contributed by atoms with E-state index >= 15 is 0 Å². The molecule has 1 atom stereocenters. The van der Waals surface area contributed by atoms with E-state index in [9.17, 15) is 4.79 Å². The van der Waals surface area contributed by atoms with E-state index in [-0.39, 0.29) is 5.91 Å². The summed E-state index contributed by atoms with van der Waals surface area (Å²) in [6.45, 7) is 3.75. The summed E-state index contributed by atoms with van der Waals surface area (Å²) >= 11 is 0. The molecule has 1 aliphatic rings. The number of hydrogen-bond acceptors (Lipinski definition) is 3. The molecule has 18 heavy (non-hydrogen) atoms. The van der Waals surface area contributed by atoms with Crippen molar-refractivity contribution < 1.29 is 4.79 Å². The molecule has 2 heterocycles. The van der Waals surface area contributed by atoms with Gasteiger partial charge in [0.05, 0.1) is 0 Å². The third-order valence-corrected chi connectivity index (χ3v) is 3.47. The summed E-state index contributed by atoms with van der Waals surface area (Å²) in [5, 5.41) is 3.46. The van der Waals surface area contributed by atoms with E-state index in [1.54, 1.807) is 11.1 Å². The van der Waals surface area contributed by atoms with Crippen LogP contribution in [0.15, 0.2) is 18.3 Å². The van der Waals surface area contributed by atoms with Gasteiger partial charge in [-0.1, -0.05) is 12.5 Å². The van der Waals surface area contributed by atoms with Crippen LogP contribution in [0, 0.1) is 6.92 Å². The normalized spacial score (nSPS) is 19.6. The Balaban J connectivity index is 1.98. The quantitative estimate of drug-likeness (QED) is 0.882. The smallest absolute Gasteiger partial charge is 0.272 e. The van der Waals surface area contributed by atoms with Crippen LogP contribution in [0.3, 0.4) is 0 Å². The van der Waals surface area contributed by atoms with Gasteiger partial charge in [-0.2, -0.15) is 0 Å². The zero-order valence-corrected chi connectivity index (χ0v) is 11.1. The molecule has 0 bridgehead atoms. The summed E-state index contributed by atoms with van der Waals surface area (Å²) in [6.07, 6.45) is 5.32. The Kier molecular flexibility index (Phi) is 4.31. The van der Waals surface area contributed by atoms with Crippen LogP contribution in [0.2, 0.25) is 0 Å². The van der Waals surface area contributed by atoms with E-state index in [1.165, 1.54) is 12.8 Å². The number of nitrogens with zero attached hydrogens (tertiary/aromatic N) is 2. The molecule has 1 aliphatic heterocycles. The van der Waals surface area contributed by atoms with Crippen LogP contribution in [0.1, 0.15) is 35.3 Å². The molecular weight excluding hydrogens is 226 g/mol. The molecule has 4 heteroatoms. The molecule has 0 saturated carbocycles. The average Bonchev–Trinajstić information content (AvgIpc) is 2.39. The first-order chi connectivity index (χ1) is 8.68. The van der Waals surface area contributed by atoms with Crippen molar-refractivity contribution in [3.63, 3.8) is 0 Å². The van der Waals surface area contributed by atoms with E-state index in [4.69, 9.17) is 0 Å². The molecule has 2 rings (SSSR count). The molecule has 1 amide bonds. The molecule has 98 valence electrons. The SMILES string of the molecule is Cc1cccnc1C(=O)N(C)CC1CCCCN1. The van der Waals surface area contributed by atoms with Gasteiger partial charge in [-0.25, -0.2) is 0 Å². The van der Waals surface area contributed by atoms with Gasteiger partial charge in [0.25, 0.3) is 5.91 Å². The molecule has 4 nitrogen and oxygen atoms in total. The third kappa shape index (κ3) is 3.07. The first-order valence-electron chi connectivity index (χ1n) is 6.59. The fraction of sp³-hybridized carbons (Fsp3) is 0.571. The van der Waals surface area contributed by atoms with E-state index in [2.05, 4.69) is 10.3 Å². The van der Waals surface area contributed by atoms with Crippen LogP contribution in [0.5, 0.6) is 0 Å². The highest BCUT2D eigenvalue weighted by Gasteiger charge is 2.20. The summed E-state index contributed by atoms with van der Waals surface area (Å²) < 4.78 is 0. The van der Waals surface area contributed by atoms with E-state index in [0.29, 0.717) is 11.7 Å². The summed E-state index contributed by atoms with van der Waals surface area (Å²) in [5.41, 5.74) is 1.50. The molecule has 0 spiro atoms. The minimum atomic E-state index is 0.0143. The summed E-state index contributed by atoms with van der Waals surface area (Å²) in [7, 11) is 1.85. The lowest BCUT2D eigenvalue weighted by Crippen LogP contribution is -2.44. The fourth-order valence-electron chi connectivity index (χ4n) is 2.38. The van der Waals surface area contributed by atoms with Crippen molar-refractivity contribution in [2.24, 2.45) is 0 Å². The lowest BCUT2D eigenvalue weighted by molar-refractivity contribution is 0.0769. The first kappa shape index (κ1) is 13.0. The minimum absolute atomic E-state index is 0.0143. The number of hydrogen-bond donors (Lipinski definition) is 1. The molecule has 1 N–H and O–H groups in total. The van der Waals surface area contributed by atoms with Crippen molar-refractivity contribution >= 4 is 5.91 Å². The highest BCUT2D eigenvalue weighted by Crippen LogP contribution is 2.11. The summed E-state index contributed by atoms with van der Waals surface area (Å²) in [4.78, 5) is 18.2. The van der Waals surface area contributed by atoms with Gasteiger partial charge in [0.1, 0.15) is 5.69 Å². The Hall–Kier alpha value is -1.42. The van der Waals surface area contributed by atoms with Gasteiger partial charge in [0.15, 0.2) is 0 Å². The van der Waals surface area contributed by atoms with Crippen molar-refractivity contribution in [2.45, 2.75) is 32.2 Å². The fourth-order valence-corrected chi connectivity index (χ4v) is 2.38. The Labute approximate surface area is 108 Å². The summed E-state index contributed by atoms with van der Waals surface area (Å²) in [5.74, 6) is 0.0143. The monoisotopic (exact) mass is 247 g/mol. The maximum absolute atomic E-state index is 12.3. The zero-order valence-electron chi connectivity index (χ0n) is 11.1. The number of likely N-dealkylation sites (N-methyl/N-ethyl adjacent to an activating group) is 1. The second kappa shape index (κ2) is 5.96. The lowest BCUT2D eigenvalue weighted by atomic mass is 10.0. The van der Waals surface area contributed by atoms with Crippen LogP contribution < -0.4 is 5.32 Å². The highest BCUT2D eigenvalue weighted by molar-refractivity contribution is 5.93. The van der Waals surface area contributed by atoms with E-state index < -0.39 is 0 Å². The van der Waals surface area contributed by atoms with Crippen LogP contribution in [-0.2, 0) is 0 Å². The minimum Gasteiger partial charge on any atom is -0.339 e. The van der Waals surface area contributed by atoms with Gasteiger partial charge in [0.2, 0.25) is 0 Å². The Morgan fingerprint density at radius 3 is 3.06 bits per heavy atom. The molecule has 1 unspecified atom stereocenters. The molecule has 0 aliphatic carbocycles. The van der Waals surface area contributed by atoms with Crippen LogP contribution in [0.25, 0.3) is 0 Å². The third-order valence-electron chi connectivity index (χ3n) is 3.47. The lowest BCUT2D eigenvalue weighted by Gasteiger charge is -2.28. The van der Waals surface area contributed by atoms with Gasteiger partial charge in [-0.3, -0.25) is 9.78 Å². The largest absolute Gasteiger partial charge is 0.339 e. The predicted octanol–water partition coefficient (Wildman–Crippen LogP) is 1.60. The predicted molar refractivity (Wildman–Crippen MR) is 71.6 cm³/mol. The van der Waals surface area contributed by atoms with Crippen LogP contribution >= 0.6 is 0 Å². The second-order valence-electron chi connectivity index (χ2n) is 5.00. The summed E-state index contributed by atoms with van der Waals surface area (Å²) in [6, 6.07) is 4.21. The van der Waals surface area contributed by atoms with E-state index in [0.717, 1.165) is 25.1 Å². The van der Waals surface area contributed by atoms with Crippen molar-refractivity contribution in [1.82, 2.24) is 15.2 Å². The van der Waals surface area contributed by atoms with Crippen molar-refractivity contribution in [3.8, 4) is 0 Å². The molecule has 1 aromatic rings. The van der Waals surface area contributed by atoms with Crippen molar-refractivity contribution in [1.29, 1.82) is 0 Å². The molecular formula is C14H21N3O. The molecule has 0 radical (unpaired) electrons. The zero-order chi connectivity index (χ0) is 13.0. The number of piperidine rings is 1. The Bertz CT molecular complexity index is 413. The Morgan fingerprint density at radius 2 is 2.39 bits per heavy atom. The molecule has 1 saturated heterocycles. The number of carbonyl (C=O) groups excluding carboxylic acids is 1. The number of pyridine rings is 1. The van der Waals surface area contributed by atoms with Crippen molar-refractivity contribution in [3.05, 3.63) is 29.6 Å². The van der Waals surface area contributed by atoms with Crippen LogP contribution in [0.4, 0.5) is 0 Å². The maximum atomic E-state index is 12.3. The van der Waals surface area contributed by atoms with Crippen LogP contribution in [-0.4, -0.2) is 42.0 Å². The Morgan fingerprint density at radius 1 is 1.56 bits per heavy atom. The number of rotatable bonds is 3. The topological polar surface area (TPSA) is 45.2 Å². The number of aryl methyl sites for hydroxylation is 1. The van der Waals surface area contributed by atoms with Gasteiger partial charge < -0.3 is 10.2 Å². The number of aromatic nitrogens is 1. The average molecular weight is 247 g/mol. The molecule has 0 aromatic carbocycles. The molecule has 1 aromatic heterocycles. The standard InChI is InChI=1S/C14H21N3O/c1-11-6-5-9-16-13(11)14(18)17(2)10-12-7-3-4-8-15-12/h5-6,9,12,15H,3-4,7-8,10H2,1-2H3. The second-order valence-corrected chi connectivity index (χ2v) is 5.00. The number of amides is 1. The van der Waals surface area contributed by atoms with Gasteiger partial charge in [0, 0.05) is 25.8 Å². The van der Waals surface area contributed by atoms with Crippen molar-refractivity contribution in [2.75, 3.05) is 20.1 Å².